The maximum absolute atomic E-state index is 14.8. The monoisotopic (exact) mass is 590 g/mol. The number of ether oxygens (including phenoxy) is 1. The standard InChI is InChI=1S/C32H19F9O/c1-2-3-4-5-18-6-9-20(24(33)12-18)10-7-19-8-11-23(25(34)13-19)32(40,41)42-22-16-26(35)30(27(36)17-22)21-14-28(37)31(39)29(38)15-21/h2-3,6,8-9,11-17H,4-5H2,1H3/b3-2+. The Bertz CT molecular complexity index is 1690. The van der Waals surface area contributed by atoms with Crippen LogP contribution in [0.15, 0.2) is 72.8 Å². The first-order valence-electron chi connectivity index (χ1n) is 12.3. The quantitative estimate of drug-likeness (QED) is 0.0902. The number of hydrogen-bond acceptors (Lipinski definition) is 1. The summed E-state index contributed by atoms with van der Waals surface area (Å²) in [5, 5.41) is 0. The van der Waals surface area contributed by atoms with E-state index in [9.17, 15) is 39.5 Å². The summed E-state index contributed by atoms with van der Waals surface area (Å²) < 4.78 is 132. The number of aryl methyl sites for hydroxylation is 1. The van der Waals surface area contributed by atoms with Crippen LogP contribution in [0.3, 0.4) is 0 Å². The molecule has 0 saturated heterocycles. The Labute approximate surface area is 234 Å². The number of alkyl halides is 2. The molecular formula is C32H19F9O. The molecule has 0 heterocycles. The van der Waals surface area contributed by atoms with Crippen LogP contribution in [0, 0.1) is 52.6 Å². The molecule has 0 bridgehead atoms. The van der Waals surface area contributed by atoms with Gasteiger partial charge < -0.3 is 4.74 Å². The fraction of sp³-hybridized carbons (Fsp3) is 0.125. The first-order valence-corrected chi connectivity index (χ1v) is 12.3. The molecule has 0 atom stereocenters. The normalized spacial score (nSPS) is 11.5. The first kappa shape index (κ1) is 30.3. The molecule has 10 heteroatoms. The molecule has 0 fully saturated rings. The third kappa shape index (κ3) is 6.79. The topological polar surface area (TPSA) is 9.23 Å². The molecule has 0 aliphatic carbocycles. The van der Waals surface area contributed by atoms with Crippen molar-refractivity contribution in [2.24, 2.45) is 0 Å². The molecular weight excluding hydrogens is 571 g/mol. The number of benzene rings is 4. The molecule has 4 aromatic carbocycles. The van der Waals surface area contributed by atoms with Crippen molar-refractivity contribution in [2.75, 3.05) is 0 Å². The average molecular weight is 590 g/mol. The van der Waals surface area contributed by atoms with Gasteiger partial charge in [0.05, 0.1) is 11.1 Å². The van der Waals surface area contributed by atoms with E-state index in [1.165, 1.54) is 12.1 Å². The summed E-state index contributed by atoms with van der Waals surface area (Å²) >= 11 is 0. The molecule has 1 nitrogen and oxygen atoms in total. The van der Waals surface area contributed by atoms with Crippen LogP contribution >= 0.6 is 0 Å². The maximum Gasteiger partial charge on any atom is 0.429 e. The molecule has 0 N–H and O–H groups in total. The second kappa shape index (κ2) is 12.5. The molecule has 0 spiro atoms. The second-order valence-corrected chi connectivity index (χ2v) is 9.00. The minimum Gasteiger partial charge on any atom is -0.429 e. The summed E-state index contributed by atoms with van der Waals surface area (Å²) in [5.41, 5.74) is -2.36. The number of allylic oxidation sites excluding steroid dienone is 2. The number of rotatable bonds is 7. The molecule has 0 radical (unpaired) electrons. The SMILES string of the molecule is C/C=C/CCc1ccc(C#Cc2ccc(C(F)(F)Oc3cc(F)c(-c4cc(F)c(F)c(F)c4)c(F)c3)c(F)c2)c(F)c1. The van der Waals surface area contributed by atoms with Crippen molar-refractivity contribution >= 4 is 0 Å². The molecule has 0 aliphatic rings. The van der Waals surface area contributed by atoms with Crippen molar-refractivity contribution < 1.29 is 44.3 Å². The minimum atomic E-state index is -4.43. The largest absolute Gasteiger partial charge is 0.429 e. The molecule has 42 heavy (non-hydrogen) atoms. The van der Waals surface area contributed by atoms with E-state index in [2.05, 4.69) is 16.6 Å². The molecule has 0 unspecified atom stereocenters. The van der Waals surface area contributed by atoms with Crippen molar-refractivity contribution in [3.63, 3.8) is 0 Å². The smallest absolute Gasteiger partial charge is 0.429 e. The van der Waals surface area contributed by atoms with E-state index in [1.807, 2.05) is 19.1 Å². The predicted molar refractivity (Wildman–Crippen MR) is 138 cm³/mol. The Hall–Kier alpha value is -4.65. The van der Waals surface area contributed by atoms with Gasteiger partial charge in [-0.25, -0.2) is 30.7 Å². The van der Waals surface area contributed by atoms with Crippen LogP contribution in [0.4, 0.5) is 39.5 Å². The summed E-state index contributed by atoms with van der Waals surface area (Å²) in [6.07, 6.45) is 0.738. The summed E-state index contributed by atoms with van der Waals surface area (Å²) in [7, 11) is 0. The van der Waals surface area contributed by atoms with Gasteiger partial charge in [-0.3, -0.25) is 0 Å². The zero-order chi connectivity index (χ0) is 30.6. The van der Waals surface area contributed by atoms with Crippen molar-refractivity contribution in [3.8, 4) is 28.7 Å². The van der Waals surface area contributed by atoms with Gasteiger partial charge in [0, 0.05) is 17.7 Å². The van der Waals surface area contributed by atoms with Crippen molar-refractivity contribution in [3.05, 3.63) is 136 Å². The highest BCUT2D eigenvalue weighted by atomic mass is 19.3. The van der Waals surface area contributed by atoms with Crippen LogP contribution in [0.1, 0.15) is 35.6 Å². The molecule has 0 amide bonds. The van der Waals surface area contributed by atoms with Crippen molar-refractivity contribution in [1.29, 1.82) is 0 Å². The predicted octanol–water partition coefficient (Wildman–Crippen LogP) is 9.36. The van der Waals surface area contributed by atoms with Crippen LogP contribution in [0.5, 0.6) is 5.75 Å². The molecule has 0 saturated carbocycles. The van der Waals surface area contributed by atoms with Crippen LogP contribution in [-0.4, -0.2) is 0 Å². The van der Waals surface area contributed by atoms with E-state index in [1.54, 1.807) is 6.07 Å². The van der Waals surface area contributed by atoms with Gasteiger partial charge in [-0.1, -0.05) is 30.1 Å². The van der Waals surface area contributed by atoms with Gasteiger partial charge in [0.15, 0.2) is 17.5 Å². The van der Waals surface area contributed by atoms with E-state index < -0.39 is 69.3 Å². The van der Waals surface area contributed by atoms with Gasteiger partial charge in [0.1, 0.15) is 34.6 Å². The zero-order valence-electron chi connectivity index (χ0n) is 21.7. The fourth-order valence-electron chi connectivity index (χ4n) is 3.99. The highest BCUT2D eigenvalue weighted by Gasteiger charge is 2.38. The van der Waals surface area contributed by atoms with E-state index in [4.69, 9.17) is 0 Å². The fourth-order valence-corrected chi connectivity index (χ4v) is 3.99. The Morgan fingerprint density at radius 2 is 1.38 bits per heavy atom. The second-order valence-electron chi connectivity index (χ2n) is 9.00. The van der Waals surface area contributed by atoms with Gasteiger partial charge in [-0.15, -0.1) is 0 Å². The van der Waals surface area contributed by atoms with Crippen LogP contribution in [-0.2, 0) is 12.5 Å². The maximum atomic E-state index is 14.8. The van der Waals surface area contributed by atoms with E-state index in [0.29, 0.717) is 42.8 Å². The summed E-state index contributed by atoms with van der Waals surface area (Å²) in [6.45, 7) is 1.87. The highest BCUT2D eigenvalue weighted by molar-refractivity contribution is 5.66. The lowest BCUT2D eigenvalue weighted by Gasteiger charge is -2.19. The molecule has 0 aromatic heterocycles. The molecule has 4 aromatic rings. The summed E-state index contributed by atoms with van der Waals surface area (Å²) in [4.78, 5) is 0. The van der Waals surface area contributed by atoms with Crippen LogP contribution in [0.25, 0.3) is 11.1 Å². The number of hydrogen-bond donors (Lipinski definition) is 0. The summed E-state index contributed by atoms with van der Waals surface area (Å²) in [5.74, 6) is -6.58. The van der Waals surface area contributed by atoms with Gasteiger partial charge in [-0.2, -0.15) is 8.78 Å². The number of halogens is 9. The third-order valence-corrected chi connectivity index (χ3v) is 6.03. The Morgan fingerprint density at radius 3 is 1.98 bits per heavy atom. The van der Waals surface area contributed by atoms with Crippen molar-refractivity contribution in [2.45, 2.75) is 25.9 Å². The first-order chi connectivity index (χ1) is 19.9. The third-order valence-electron chi connectivity index (χ3n) is 6.03. The highest BCUT2D eigenvalue weighted by Crippen LogP contribution is 2.37. The van der Waals surface area contributed by atoms with E-state index in [0.717, 1.165) is 18.1 Å². The van der Waals surface area contributed by atoms with Crippen LogP contribution in [0.2, 0.25) is 0 Å². The van der Waals surface area contributed by atoms with Crippen molar-refractivity contribution in [1.82, 2.24) is 0 Å². The minimum absolute atomic E-state index is 0.0153. The average Bonchev–Trinajstić information content (AvgIpc) is 2.90. The Morgan fingerprint density at radius 1 is 0.714 bits per heavy atom. The Kier molecular flexibility index (Phi) is 9.00. The van der Waals surface area contributed by atoms with Gasteiger partial charge in [0.2, 0.25) is 0 Å². The van der Waals surface area contributed by atoms with Gasteiger partial charge in [-0.05, 0) is 73.4 Å². The van der Waals surface area contributed by atoms with E-state index >= 15 is 0 Å². The molecule has 4 rings (SSSR count). The molecule has 0 aliphatic heterocycles. The van der Waals surface area contributed by atoms with Gasteiger partial charge >= 0.3 is 6.11 Å². The lowest BCUT2D eigenvalue weighted by Crippen LogP contribution is -2.23. The van der Waals surface area contributed by atoms with Crippen LogP contribution < -0.4 is 4.74 Å². The summed E-state index contributed by atoms with van der Waals surface area (Å²) in [6, 6.07) is 8.02. The lowest BCUT2D eigenvalue weighted by atomic mass is 10.0. The van der Waals surface area contributed by atoms with Gasteiger partial charge in [0.25, 0.3) is 0 Å². The zero-order valence-corrected chi connectivity index (χ0v) is 21.7. The lowest BCUT2D eigenvalue weighted by molar-refractivity contribution is -0.187. The molecule has 216 valence electrons. The van der Waals surface area contributed by atoms with E-state index in [-0.39, 0.29) is 11.1 Å². The Balaban J connectivity index is 1.54.